The molecule has 0 fully saturated rings. The van der Waals surface area contributed by atoms with Crippen LogP contribution in [0.3, 0.4) is 0 Å². The summed E-state index contributed by atoms with van der Waals surface area (Å²) in [4.78, 5) is 81.0. The maximum atomic E-state index is 12.6. The smallest absolute Gasteiger partial charge is 0.326 e. The minimum Gasteiger partial charge on any atom is -0.481 e. The van der Waals surface area contributed by atoms with Crippen molar-refractivity contribution in [1.82, 2.24) is 16.0 Å². The van der Waals surface area contributed by atoms with Crippen LogP contribution in [0.1, 0.15) is 32.1 Å². The van der Waals surface area contributed by atoms with Crippen LogP contribution in [0.15, 0.2) is 0 Å². The summed E-state index contributed by atoms with van der Waals surface area (Å²) in [5.74, 6) is -7.65. The summed E-state index contributed by atoms with van der Waals surface area (Å²) < 4.78 is 0. The second-order valence-corrected chi connectivity index (χ2v) is 7.28. The molecule has 11 N–H and O–H groups in total. The van der Waals surface area contributed by atoms with Crippen molar-refractivity contribution in [1.29, 1.82) is 0 Å². The normalized spacial score (nSPS) is 14.1. The standard InChI is InChI=1S/C17H28N6O9S/c18-7(1-3-11(19)24)14(28)23-10(6-33)16(30)21-8(2-4-12(20)25)15(29)22-9(17(31)32)5-13(26)27/h7-10,33H,1-6,18H2,(H2,19,24)(H2,20,25)(H,21,30)(H,22,29)(H,23,28)(H,26,27)(H,31,32). The van der Waals surface area contributed by atoms with E-state index in [1.807, 2.05) is 5.32 Å². The van der Waals surface area contributed by atoms with Gasteiger partial charge in [0.15, 0.2) is 0 Å². The number of carboxylic acids is 2. The van der Waals surface area contributed by atoms with E-state index in [1.165, 1.54) is 0 Å². The molecule has 0 aromatic rings. The third-order valence-corrected chi connectivity index (χ3v) is 4.52. The van der Waals surface area contributed by atoms with Gasteiger partial charge >= 0.3 is 11.9 Å². The second-order valence-electron chi connectivity index (χ2n) is 6.92. The topological polar surface area (TPSA) is 274 Å². The highest BCUT2D eigenvalue weighted by Gasteiger charge is 2.31. The molecule has 0 saturated heterocycles. The SMILES string of the molecule is NC(=O)CCC(N)C(=O)NC(CS)C(=O)NC(CCC(N)=O)C(=O)NC(CC(=O)O)C(=O)O. The highest BCUT2D eigenvalue weighted by molar-refractivity contribution is 7.80. The Hall–Kier alpha value is -3.40. The molecule has 0 radical (unpaired) electrons. The van der Waals surface area contributed by atoms with Crippen LogP contribution in [-0.4, -0.2) is 81.6 Å². The van der Waals surface area contributed by atoms with Crippen molar-refractivity contribution in [2.45, 2.75) is 56.3 Å². The van der Waals surface area contributed by atoms with Gasteiger partial charge < -0.3 is 43.4 Å². The molecule has 0 heterocycles. The first-order valence-corrected chi connectivity index (χ1v) is 10.2. The molecule has 15 nitrogen and oxygen atoms in total. The van der Waals surface area contributed by atoms with Gasteiger partial charge in [-0.05, 0) is 12.8 Å². The number of amides is 5. The van der Waals surface area contributed by atoms with Crippen molar-refractivity contribution in [3.63, 3.8) is 0 Å². The van der Waals surface area contributed by atoms with E-state index in [-0.39, 0.29) is 31.4 Å². The van der Waals surface area contributed by atoms with Gasteiger partial charge in [-0.15, -0.1) is 0 Å². The quantitative estimate of drug-likeness (QED) is 0.0936. The Balaban J connectivity index is 5.32. The summed E-state index contributed by atoms with van der Waals surface area (Å²) in [5, 5.41) is 24.3. The Kier molecular flexibility index (Phi) is 13.1. The van der Waals surface area contributed by atoms with Crippen molar-refractivity contribution >= 4 is 54.1 Å². The van der Waals surface area contributed by atoms with Crippen molar-refractivity contribution in [2.75, 3.05) is 5.75 Å². The van der Waals surface area contributed by atoms with Gasteiger partial charge in [0.2, 0.25) is 29.5 Å². The van der Waals surface area contributed by atoms with E-state index in [9.17, 15) is 33.6 Å². The zero-order valence-electron chi connectivity index (χ0n) is 17.5. The number of thiol groups is 1. The fourth-order valence-corrected chi connectivity index (χ4v) is 2.63. The molecule has 0 spiro atoms. The molecule has 0 bridgehead atoms. The van der Waals surface area contributed by atoms with Gasteiger partial charge in [-0.25, -0.2) is 4.79 Å². The van der Waals surface area contributed by atoms with E-state index in [0.29, 0.717) is 0 Å². The zero-order chi connectivity index (χ0) is 25.7. The average Bonchev–Trinajstić information content (AvgIpc) is 2.71. The van der Waals surface area contributed by atoms with Crippen LogP contribution in [0.2, 0.25) is 0 Å². The van der Waals surface area contributed by atoms with Crippen LogP contribution in [0.5, 0.6) is 0 Å². The molecule has 0 rings (SSSR count). The van der Waals surface area contributed by atoms with Gasteiger partial charge in [-0.2, -0.15) is 12.6 Å². The van der Waals surface area contributed by atoms with Crippen LogP contribution in [-0.2, 0) is 33.6 Å². The number of hydrogen-bond donors (Lipinski definition) is 9. The molecule has 33 heavy (non-hydrogen) atoms. The molecule has 0 aromatic carbocycles. The first-order chi connectivity index (χ1) is 15.3. The van der Waals surface area contributed by atoms with Crippen molar-refractivity contribution in [3.8, 4) is 0 Å². The third-order valence-electron chi connectivity index (χ3n) is 4.16. The number of nitrogens with one attached hydrogen (secondary N) is 3. The Labute approximate surface area is 193 Å². The summed E-state index contributed by atoms with van der Waals surface area (Å²) in [6.45, 7) is 0. The maximum absolute atomic E-state index is 12.6. The minimum atomic E-state index is -1.80. The van der Waals surface area contributed by atoms with E-state index in [0.717, 1.165) is 0 Å². The fraction of sp³-hybridized carbons (Fsp3) is 0.588. The molecule has 186 valence electrons. The molecule has 4 atom stereocenters. The lowest BCUT2D eigenvalue weighted by Gasteiger charge is -2.24. The van der Waals surface area contributed by atoms with Crippen molar-refractivity contribution in [2.24, 2.45) is 17.2 Å². The van der Waals surface area contributed by atoms with Crippen LogP contribution >= 0.6 is 12.6 Å². The number of primary amides is 2. The fourth-order valence-electron chi connectivity index (χ4n) is 2.38. The number of rotatable bonds is 16. The molecule has 16 heteroatoms. The molecule has 0 aliphatic rings. The molecule has 0 saturated carbocycles. The lowest BCUT2D eigenvalue weighted by molar-refractivity contribution is -0.147. The van der Waals surface area contributed by atoms with Crippen LogP contribution in [0.4, 0.5) is 0 Å². The summed E-state index contributed by atoms with van der Waals surface area (Å²) in [5.41, 5.74) is 15.7. The first kappa shape index (κ1) is 29.6. The lowest BCUT2D eigenvalue weighted by atomic mass is 10.1. The number of carbonyl (C=O) groups excluding carboxylic acids is 5. The molecular weight excluding hydrogens is 464 g/mol. The van der Waals surface area contributed by atoms with Gasteiger partial charge in [0.05, 0.1) is 12.5 Å². The van der Waals surface area contributed by atoms with Gasteiger partial charge in [-0.3, -0.25) is 28.8 Å². The van der Waals surface area contributed by atoms with E-state index < -0.39 is 72.1 Å². The maximum Gasteiger partial charge on any atom is 0.326 e. The number of carbonyl (C=O) groups is 7. The van der Waals surface area contributed by atoms with Gasteiger partial charge in [0.25, 0.3) is 0 Å². The molecular formula is C17H28N6O9S. The summed E-state index contributed by atoms with van der Waals surface area (Å²) in [6, 6.07) is -5.73. The zero-order valence-corrected chi connectivity index (χ0v) is 18.4. The predicted molar refractivity (Wildman–Crippen MR) is 114 cm³/mol. The van der Waals surface area contributed by atoms with Crippen LogP contribution in [0, 0.1) is 0 Å². The van der Waals surface area contributed by atoms with Gasteiger partial charge in [0.1, 0.15) is 18.1 Å². The van der Waals surface area contributed by atoms with Crippen molar-refractivity contribution < 1.29 is 43.8 Å². The monoisotopic (exact) mass is 492 g/mol. The Morgan fingerprint density at radius 1 is 0.727 bits per heavy atom. The minimum absolute atomic E-state index is 0.0775. The molecule has 0 aliphatic heterocycles. The highest BCUT2D eigenvalue weighted by Crippen LogP contribution is 2.03. The number of carboxylic acid groups (broad SMARTS) is 2. The number of hydrogen-bond acceptors (Lipinski definition) is 9. The van der Waals surface area contributed by atoms with Gasteiger partial charge in [-0.1, -0.05) is 0 Å². The molecule has 0 aromatic heterocycles. The Morgan fingerprint density at radius 3 is 1.64 bits per heavy atom. The highest BCUT2D eigenvalue weighted by atomic mass is 32.1. The van der Waals surface area contributed by atoms with Crippen molar-refractivity contribution in [3.05, 3.63) is 0 Å². The second kappa shape index (κ2) is 14.6. The third kappa shape index (κ3) is 12.3. The Bertz CT molecular complexity index is 778. The van der Waals surface area contributed by atoms with Crippen LogP contribution < -0.4 is 33.2 Å². The summed E-state index contributed by atoms with van der Waals surface area (Å²) in [7, 11) is 0. The Morgan fingerprint density at radius 2 is 1.18 bits per heavy atom. The first-order valence-electron chi connectivity index (χ1n) is 9.57. The molecule has 5 amide bonds. The average molecular weight is 493 g/mol. The van der Waals surface area contributed by atoms with Gasteiger partial charge in [0, 0.05) is 18.6 Å². The van der Waals surface area contributed by atoms with E-state index in [2.05, 4.69) is 23.3 Å². The van der Waals surface area contributed by atoms with E-state index in [1.54, 1.807) is 0 Å². The van der Waals surface area contributed by atoms with E-state index in [4.69, 9.17) is 27.4 Å². The predicted octanol–water partition coefficient (Wildman–Crippen LogP) is -4.21. The molecule has 0 aliphatic carbocycles. The van der Waals surface area contributed by atoms with Crippen LogP contribution in [0.25, 0.3) is 0 Å². The lowest BCUT2D eigenvalue weighted by Crippen LogP contribution is -2.57. The largest absolute Gasteiger partial charge is 0.481 e. The number of nitrogens with two attached hydrogens (primary N) is 3. The summed E-state index contributed by atoms with van der Waals surface area (Å²) >= 11 is 3.95. The van der Waals surface area contributed by atoms with E-state index >= 15 is 0 Å². The number of aliphatic carboxylic acids is 2. The summed E-state index contributed by atoms with van der Waals surface area (Å²) in [6.07, 6.45) is -1.88. The molecule has 4 unspecified atom stereocenters.